The topological polar surface area (TPSA) is 18.5 Å². The Morgan fingerprint density at radius 3 is 2.25 bits per heavy atom. The Kier molecular flexibility index (Phi) is 3.94. The molecule has 4 heteroatoms. The minimum absolute atomic E-state index is 0.0462. The predicted molar refractivity (Wildman–Crippen MR) is 52.8 cm³/mol. The lowest BCUT2D eigenvalue weighted by Crippen LogP contribution is -2.35. The molecule has 2 nitrogen and oxygen atoms in total. The van der Waals surface area contributed by atoms with Crippen molar-refractivity contribution in [2.24, 2.45) is 0 Å². The van der Waals surface area contributed by atoms with E-state index in [4.69, 9.17) is 17.3 Å². The lowest BCUT2D eigenvalue weighted by Gasteiger charge is -2.21. The zero-order chi connectivity index (χ0) is 9.14. The molecule has 68 valence electrons. The summed E-state index contributed by atoms with van der Waals surface area (Å²) in [5.41, 5.74) is 0. The van der Waals surface area contributed by atoms with E-state index in [9.17, 15) is 0 Å². The van der Waals surface area contributed by atoms with Crippen molar-refractivity contribution in [2.45, 2.75) is 36.0 Å². The molecule has 0 aromatic carbocycles. The van der Waals surface area contributed by atoms with Crippen LogP contribution in [0.25, 0.3) is 0 Å². The van der Waals surface area contributed by atoms with Gasteiger partial charge in [-0.3, -0.25) is 0 Å². The van der Waals surface area contributed by atoms with Gasteiger partial charge in [-0.25, -0.2) is 0 Å². The predicted octanol–water partition coefficient (Wildman–Crippen LogP) is 1.04. The van der Waals surface area contributed by atoms with Gasteiger partial charge in [0, 0.05) is 19.5 Å². The summed E-state index contributed by atoms with van der Waals surface area (Å²) in [4.78, 5) is 0. The fraction of sp³-hybridized carbons (Fsp3) is 1.00. The van der Waals surface area contributed by atoms with Gasteiger partial charge in [0.2, 0.25) is 0 Å². The normalized spacial score (nSPS) is 41.9. The van der Waals surface area contributed by atoms with Crippen LogP contribution in [0.2, 0.25) is 0 Å². The first-order valence-corrected chi connectivity index (χ1v) is 5.15. The van der Waals surface area contributed by atoms with Crippen LogP contribution in [0.3, 0.4) is 0 Å². The van der Waals surface area contributed by atoms with Crippen molar-refractivity contribution in [3.63, 3.8) is 0 Å². The molecule has 1 unspecified atom stereocenters. The summed E-state index contributed by atoms with van der Waals surface area (Å²) in [6.07, 6.45) is 1.28. The van der Waals surface area contributed by atoms with Crippen molar-refractivity contribution in [1.82, 2.24) is 0 Å². The van der Waals surface area contributed by atoms with Gasteiger partial charge in [-0.2, -0.15) is 11.8 Å². The van der Waals surface area contributed by atoms with Crippen molar-refractivity contribution in [3.8, 4) is 0 Å². The Hall–Kier alpha value is 0.335. The third kappa shape index (κ3) is 1.81. The lowest BCUT2D eigenvalue weighted by molar-refractivity contribution is -0.0211. The number of rotatable bonds is 3. The molecule has 0 saturated carbocycles. The zero-order valence-electron chi connectivity index (χ0n) is 7.82. The van der Waals surface area contributed by atoms with E-state index < -0.39 is 0 Å². The zero-order valence-corrected chi connectivity index (χ0v) is 8.64. The number of thioether (sulfide) groups is 1. The van der Waals surface area contributed by atoms with Crippen LogP contribution in [-0.2, 0) is 9.47 Å². The Labute approximate surface area is 79.8 Å². The Bertz CT molecular complexity index is 145. The van der Waals surface area contributed by atoms with Crippen LogP contribution in [0.1, 0.15) is 13.3 Å². The van der Waals surface area contributed by atoms with Crippen molar-refractivity contribution in [2.75, 3.05) is 14.2 Å². The van der Waals surface area contributed by atoms with E-state index in [0.29, 0.717) is 5.25 Å². The summed E-state index contributed by atoms with van der Waals surface area (Å²) in [7, 11) is 9.29. The Balaban J connectivity index is 2.61. The Morgan fingerprint density at radius 1 is 1.25 bits per heavy atom. The maximum absolute atomic E-state index is 5.88. The highest BCUT2D eigenvalue weighted by Gasteiger charge is 2.40. The SMILES string of the molecule is [B][C@@H]1S[C@H](CC)C(OC)[C@@H]1OC. The maximum Gasteiger partial charge on any atom is 0.0953 e. The summed E-state index contributed by atoms with van der Waals surface area (Å²) in [5.74, 6) is 0. The van der Waals surface area contributed by atoms with Crippen LogP contribution in [0.4, 0.5) is 0 Å². The molecule has 4 atom stereocenters. The second-order valence-electron chi connectivity index (χ2n) is 2.95. The summed E-state index contributed by atoms with van der Waals surface area (Å²) in [6, 6.07) is 0. The Morgan fingerprint density at radius 2 is 1.83 bits per heavy atom. The molecule has 0 aromatic rings. The van der Waals surface area contributed by atoms with Gasteiger partial charge in [0.25, 0.3) is 0 Å². The molecular weight excluding hydrogens is 171 g/mol. The number of ether oxygens (including phenoxy) is 2. The van der Waals surface area contributed by atoms with Gasteiger partial charge in [0.05, 0.1) is 20.1 Å². The van der Waals surface area contributed by atoms with E-state index in [1.54, 1.807) is 26.0 Å². The third-order valence-corrected chi connectivity index (χ3v) is 3.83. The minimum atomic E-state index is 0.0462. The minimum Gasteiger partial charge on any atom is -0.378 e. The molecule has 1 aliphatic heterocycles. The third-order valence-electron chi connectivity index (χ3n) is 2.29. The molecule has 0 aromatic heterocycles. The van der Waals surface area contributed by atoms with E-state index in [2.05, 4.69) is 6.92 Å². The van der Waals surface area contributed by atoms with Gasteiger partial charge in [0.1, 0.15) is 0 Å². The molecule has 1 rings (SSSR count). The van der Waals surface area contributed by atoms with Crippen molar-refractivity contribution in [3.05, 3.63) is 0 Å². The summed E-state index contributed by atoms with van der Waals surface area (Å²) < 4.78 is 10.7. The van der Waals surface area contributed by atoms with Gasteiger partial charge < -0.3 is 9.47 Å². The maximum atomic E-state index is 5.88. The number of methoxy groups -OCH3 is 2. The van der Waals surface area contributed by atoms with Gasteiger partial charge in [0.15, 0.2) is 0 Å². The molecule has 0 bridgehead atoms. The van der Waals surface area contributed by atoms with Crippen LogP contribution in [0.15, 0.2) is 0 Å². The van der Waals surface area contributed by atoms with Gasteiger partial charge >= 0.3 is 0 Å². The number of hydrogen-bond donors (Lipinski definition) is 0. The monoisotopic (exact) mass is 186 g/mol. The molecule has 0 aliphatic carbocycles. The van der Waals surface area contributed by atoms with Gasteiger partial charge in [-0.15, -0.1) is 0 Å². The first-order valence-electron chi connectivity index (χ1n) is 4.21. The quantitative estimate of drug-likeness (QED) is 0.613. The number of hydrogen-bond acceptors (Lipinski definition) is 3. The van der Waals surface area contributed by atoms with E-state index in [1.165, 1.54) is 0 Å². The molecular formula is C8H15BO2S. The van der Waals surface area contributed by atoms with Crippen molar-refractivity contribution in [1.29, 1.82) is 0 Å². The molecule has 0 amide bonds. The van der Waals surface area contributed by atoms with E-state index in [1.807, 2.05) is 0 Å². The molecule has 0 spiro atoms. The molecule has 1 aliphatic rings. The first-order chi connectivity index (χ1) is 5.74. The highest BCUT2D eigenvalue weighted by atomic mass is 32.2. The fourth-order valence-corrected chi connectivity index (χ4v) is 3.08. The second kappa shape index (κ2) is 4.54. The van der Waals surface area contributed by atoms with Crippen LogP contribution in [-0.4, -0.2) is 44.7 Å². The fourth-order valence-electron chi connectivity index (χ4n) is 1.64. The van der Waals surface area contributed by atoms with E-state index in [0.717, 1.165) is 6.42 Å². The molecule has 1 heterocycles. The van der Waals surface area contributed by atoms with E-state index in [-0.39, 0.29) is 17.4 Å². The van der Waals surface area contributed by atoms with Gasteiger partial charge in [-0.1, -0.05) is 6.92 Å². The van der Waals surface area contributed by atoms with Crippen molar-refractivity contribution < 1.29 is 9.47 Å². The average Bonchev–Trinajstić information content (AvgIpc) is 2.40. The smallest absolute Gasteiger partial charge is 0.0953 e. The molecule has 0 N–H and O–H groups in total. The average molecular weight is 186 g/mol. The van der Waals surface area contributed by atoms with Gasteiger partial charge in [-0.05, 0) is 11.6 Å². The first kappa shape index (κ1) is 10.4. The van der Waals surface area contributed by atoms with Crippen molar-refractivity contribution >= 4 is 19.6 Å². The second-order valence-corrected chi connectivity index (χ2v) is 4.37. The largest absolute Gasteiger partial charge is 0.378 e. The molecule has 2 radical (unpaired) electrons. The highest BCUT2D eigenvalue weighted by molar-refractivity contribution is 8.02. The molecule has 1 saturated heterocycles. The summed E-state index contributed by atoms with van der Waals surface area (Å²) in [5, 5.41) is 0.542. The molecule has 1 fully saturated rings. The molecule has 12 heavy (non-hydrogen) atoms. The van der Waals surface area contributed by atoms with Crippen LogP contribution < -0.4 is 0 Å². The lowest BCUT2D eigenvalue weighted by atomic mass is 9.93. The highest BCUT2D eigenvalue weighted by Crippen LogP contribution is 2.37. The summed E-state index contributed by atoms with van der Waals surface area (Å²) >= 11 is 1.76. The van der Waals surface area contributed by atoms with Crippen LogP contribution in [0.5, 0.6) is 0 Å². The van der Waals surface area contributed by atoms with Crippen LogP contribution >= 0.6 is 11.8 Å². The summed E-state index contributed by atoms with van der Waals surface area (Å²) in [6.45, 7) is 2.15. The van der Waals surface area contributed by atoms with E-state index >= 15 is 0 Å². The van der Waals surface area contributed by atoms with Crippen LogP contribution in [0, 0.1) is 0 Å². The standard InChI is InChI=1S/C8H15BO2S/c1-4-5-6(10-2)7(11-3)8(9)12-5/h5-8H,4H2,1-3H3/t5-,6?,7+,8-/m1/s1.